The highest BCUT2D eigenvalue weighted by atomic mass is 15.1. The van der Waals surface area contributed by atoms with Crippen LogP contribution in [0.3, 0.4) is 0 Å². The zero-order chi connectivity index (χ0) is 30.2. The van der Waals surface area contributed by atoms with Crippen LogP contribution in [0.4, 0.5) is 11.4 Å². The van der Waals surface area contributed by atoms with E-state index in [0.717, 1.165) is 11.4 Å². The van der Waals surface area contributed by atoms with Crippen molar-refractivity contribution in [1.82, 2.24) is 0 Å². The molecule has 0 radical (unpaired) electrons. The van der Waals surface area contributed by atoms with Crippen molar-refractivity contribution in [2.75, 3.05) is 11.9 Å². The minimum Gasteiger partial charge on any atom is -0.345 e. The first-order valence-corrected chi connectivity index (χ1v) is 15.6. The van der Waals surface area contributed by atoms with Crippen molar-refractivity contribution in [2.24, 2.45) is 0 Å². The third kappa shape index (κ3) is 4.39. The lowest BCUT2D eigenvalue weighted by Gasteiger charge is -2.34. The van der Waals surface area contributed by atoms with Crippen molar-refractivity contribution in [3.05, 3.63) is 204 Å². The maximum atomic E-state index is 2.33. The molecule has 0 atom stereocenters. The highest BCUT2D eigenvalue weighted by Crippen LogP contribution is 2.58. The van der Waals surface area contributed by atoms with Gasteiger partial charge in [-0.3, -0.25) is 0 Å². The largest absolute Gasteiger partial charge is 0.345 e. The van der Waals surface area contributed by atoms with Gasteiger partial charge in [-0.1, -0.05) is 158 Å². The summed E-state index contributed by atoms with van der Waals surface area (Å²) in [5.74, 6) is 0. The molecule has 8 rings (SSSR count). The molecule has 1 aliphatic rings. The highest BCUT2D eigenvalue weighted by molar-refractivity contribution is 5.95. The van der Waals surface area contributed by atoms with E-state index in [-0.39, 0.29) is 0 Å². The van der Waals surface area contributed by atoms with Crippen LogP contribution >= 0.6 is 0 Å². The third-order valence-corrected chi connectivity index (χ3v) is 9.41. The maximum absolute atomic E-state index is 2.33. The summed E-state index contributed by atoms with van der Waals surface area (Å²) in [6, 6.07) is 66.1. The van der Waals surface area contributed by atoms with Gasteiger partial charge >= 0.3 is 0 Å². The molecule has 0 spiro atoms. The summed E-state index contributed by atoms with van der Waals surface area (Å²) >= 11 is 0. The smallest absolute Gasteiger partial charge is 0.0713 e. The minimum absolute atomic E-state index is 0.392. The summed E-state index contributed by atoms with van der Waals surface area (Å²) in [7, 11) is 2.14. The summed E-state index contributed by atoms with van der Waals surface area (Å²) in [5, 5.41) is 0. The van der Waals surface area contributed by atoms with Gasteiger partial charge in [-0.2, -0.15) is 0 Å². The number of fused-ring (bicyclic) bond motifs is 3. The van der Waals surface area contributed by atoms with Crippen LogP contribution in [0.15, 0.2) is 182 Å². The van der Waals surface area contributed by atoms with Gasteiger partial charge in [0.15, 0.2) is 0 Å². The second-order valence-corrected chi connectivity index (χ2v) is 11.8. The SMILES string of the molecule is CN(c1ccc(-c2ccccc2)cc1)c1ccc(-c2cccc3c2-c2ccccc2C3(c2ccccc2)c2ccccc2)cc1. The molecule has 0 saturated carbocycles. The maximum Gasteiger partial charge on any atom is 0.0713 e. The molecule has 7 aromatic carbocycles. The fourth-order valence-electron chi connectivity index (χ4n) is 7.26. The Morgan fingerprint density at radius 3 is 1.40 bits per heavy atom. The van der Waals surface area contributed by atoms with Gasteiger partial charge in [-0.15, -0.1) is 0 Å². The van der Waals surface area contributed by atoms with Gasteiger partial charge in [-0.25, -0.2) is 0 Å². The Morgan fingerprint density at radius 1 is 0.356 bits per heavy atom. The van der Waals surface area contributed by atoms with E-state index in [0.29, 0.717) is 0 Å². The van der Waals surface area contributed by atoms with Gasteiger partial charge in [-0.05, 0) is 79.9 Å². The zero-order valence-electron chi connectivity index (χ0n) is 25.3. The van der Waals surface area contributed by atoms with Crippen molar-refractivity contribution >= 4 is 11.4 Å². The summed E-state index contributed by atoms with van der Waals surface area (Å²) in [4.78, 5) is 2.25. The number of anilines is 2. The topological polar surface area (TPSA) is 3.24 Å². The molecule has 7 aromatic rings. The quantitative estimate of drug-likeness (QED) is 0.191. The fraction of sp³-hybridized carbons (Fsp3) is 0.0455. The molecule has 1 nitrogen and oxygen atoms in total. The van der Waals surface area contributed by atoms with Crippen LogP contribution in [0.1, 0.15) is 22.3 Å². The molecular weight excluding hydrogens is 542 g/mol. The van der Waals surface area contributed by atoms with Crippen molar-refractivity contribution < 1.29 is 0 Å². The van der Waals surface area contributed by atoms with Crippen LogP contribution in [0.5, 0.6) is 0 Å². The van der Waals surface area contributed by atoms with Crippen LogP contribution < -0.4 is 4.90 Å². The van der Waals surface area contributed by atoms with Crippen LogP contribution in [-0.2, 0) is 5.41 Å². The Balaban J connectivity index is 1.21. The molecule has 0 fully saturated rings. The normalized spacial score (nSPS) is 12.7. The summed E-state index contributed by atoms with van der Waals surface area (Å²) in [6.07, 6.45) is 0. The van der Waals surface area contributed by atoms with E-state index in [4.69, 9.17) is 0 Å². The van der Waals surface area contributed by atoms with E-state index in [1.807, 2.05) is 0 Å². The molecule has 0 bridgehead atoms. The molecule has 0 amide bonds. The van der Waals surface area contributed by atoms with Crippen molar-refractivity contribution in [1.29, 1.82) is 0 Å². The lowest BCUT2D eigenvalue weighted by atomic mass is 9.67. The molecule has 0 unspecified atom stereocenters. The predicted molar refractivity (Wildman–Crippen MR) is 189 cm³/mol. The number of nitrogens with zero attached hydrogens (tertiary/aromatic N) is 1. The standard InChI is InChI=1S/C44H33N/c1-45(37-28-24-33(25-29-37)32-14-5-2-6-15-32)38-30-26-34(27-31-38)39-21-13-23-42-43(39)40-20-11-12-22-41(40)44(42,35-16-7-3-8-17-35)36-18-9-4-10-19-36/h2-31H,1H3. The van der Waals surface area contributed by atoms with Gasteiger partial charge in [0.1, 0.15) is 0 Å². The molecule has 0 aromatic heterocycles. The summed E-state index contributed by atoms with van der Waals surface area (Å²) in [6.45, 7) is 0. The Morgan fingerprint density at radius 2 is 0.800 bits per heavy atom. The Labute approximate surface area is 265 Å². The molecule has 45 heavy (non-hydrogen) atoms. The molecule has 0 saturated heterocycles. The monoisotopic (exact) mass is 575 g/mol. The Kier molecular flexibility index (Phi) is 6.65. The first kappa shape index (κ1) is 26.9. The van der Waals surface area contributed by atoms with E-state index in [9.17, 15) is 0 Å². The van der Waals surface area contributed by atoms with Crippen LogP contribution in [0.2, 0.25) is 0 Å². The van der Waals surface area contributed by atoms with Gasteiger partial charge < -0.3 is 4.90 Å². The van der Waals surface area contributed by atoms with E-state index in [1.165, 1.54) is 55.6 Å². The lowest BCUT2D eigenvalue weighted by molar-refractivity contribution is 0.768. The van der Waals surface area contributed by atoms with Crippen molar-refractivity contribution in [3.8, 4) is 33.4 Å². The molecule has 1 aliphatic carbocycles. The molecule has 0 heterocycles. The average Bonchev–Trinajstić information content (AvgIpc) is 3.44. The average molecular weight is 576 g/mol. The number of rotatable bonds is 6. The minimum atomic E-state index is -0.392. The molecule has 214 valence electrons. The van der Waals surface area contributed by atoms with Crippen molar-refractivity contribution in [3.63, 3.8) is 0 Å². The highest BCUT2D eigenvalue weighted by Gasteiger charge is 2.46. The third-order valence-electron chi connectivity index (χ3n) is 9.41. The van der Waals surface area contributed by atoms with Gasteiger partial charge in [0.05, 0.1) is 5.41 Å². The van der Waals surface area contributed by atoms with Gasteiger partial charge in [0.25, 0.3) is 0 Å². The first-order valence-electron chi connectivity index (χ1n) is 15.6. The Hall–Kier alpha value is -5.66. The Bertz CT molecular complexity index is 2040. The van der Waals surface area contributed by atoms with E-state index < -0.39 is 5.41 Å². The van der Waals surface area contributed by atoms with E-state index in [2.05, 4.69) is 194 Å². The van der Waals surface area contributed by atoms with E-state index in [1.54, 1.807) is 0 Å². The second kappa shape index (κ2) is 11.1. The molecule has 1 heteroatoms. The number of hydrogen-bond acceptors (Lipinski definition) is 1. The zero-order valence-corrected chi connectivity index (χ0v) is 25.3. The van der Waals surface area contributed by atoms with E-state index >= 15 is 0 Å². The van der Waals surface area contributed by atoms with Gasteiger partial charge in [0, 0.05) is 18.4 Å². The van der Waals surface area contributed by atoms with Crippen molar-refractivity contribution in [2.45, 2.75) is 5.41 Å². The second-order valence-electron chi connectivity index (χ2n) is 11.8. The lowest BCUT2D eigenvalue weighted by Crippen LogP contribution is -2.28. The summed E-state index contributed by atoms with van der Waals surface area (Å²) in [5.41, 5.74) is 14.7. The predicted octanol–water partition coefficient (Wildman–Crippen LogP) is 11.2. The van der Waals surface area contributed by atoms with Crippen LogP contribution in [-0.4, -0.2) is 7.05 Å². The van der Waals surface area contributed by atoms with Crippen LogP contribution in [0.25, 0.3) is 33.4 Å². The number of hydrogen-bond donors (Lipinski definition) is 0. The first-order chi connectivity index (χ1) is 22.2. The fourth-order valence-corrected chi connectivity index (χ4v) is 7.26. The molecular formula is C44H33N. The number of benzene rings is 7. The van der Waals surface area contributed by atoms with Crippen LogP contribution in [0, 0.1) is 0 Å². The summed E-state index contributed by atoms with van der Waals surface area (Å²) < 4.78 is 0. The molecule has 0 N–H and O–H groups in total. The van der Waals surface area contributed by atoms with Gasteiger partial charge in [0.2, 0.25) is 0 Å². The molecule has 0 aliphatic heterocycles.